The summed E-state index contributed by atoms with van der Waals surface area (Å²) in [5.74, 6) is -0.498. The van der Waals surface area contributed by atoms with Crippen molar-refractivity contribution in [2.45, 2.75) is 19.4 Å². The Morgan fingerprint density at radius 2 is 2.35 bits per heavy atom. The van der Waals surface area contributed by atoms with E-state index < -0.39 is 11.9 Å². The van der Waals surface area contributed by atoms with Crippen LogP contribution in [0.3, 0.4) is 0 Å². The number of hydrogen-bond donors (Lipinski definition) is 2. The molecule has 0 aliphatic carbocycles. The minimum atomic E-state index is -0.492. The van der Waals surface area contributed by atoms with Crippen LogP contribution in [-0.4, -0.2) is 18.6 Å². The van der Waals surface area contributed by atoms with E-state index in [9.17, 15) is 9.18 Å². The number of ether oxygens (including phenoxy) is 1. The quantitative estimate of drug-likeness (QED) is 0.772. The molecule has 0 bridgehead atoms. The Bertz CT molecular complexity index is 437. The number of anilines is 2. The first-order valence-corrected chi connectivity index (χ1v) is 5.55. The third-order valence-electron chi connectivity index (χ3n) is 2.91. The molecule has 1 aromatic rings. The summed E-state index contributed by atoms with van der Waals surface area (Å²) in [6, 6.07) is 4.10. The summed E-state index contributed by atoms with van der Waals surface area (Å²) in [5, 5.41) is 2.67. The Balaban J connectivity index is 2.05. The van der Waals surface area contributed by atoms with Gasteiger partial charge in [-0.3, -0.25) is 4.79 Å². The molecule has 2 rings (SSSR count). The molecule has 1 aliphatic rings. The van der Waals surface area contributed by atoms with Gasteiger partial charge in [0, 0.05) is 12.3 Å². The van der Waals surface area contributed by atoms with Crippen LogP contribution in [0.1, 0.15) is 13.3 Å². The molecule has 1 heterocycles. The highest BCUT2D eigenvalue weighted by Gasteiger charge is 2.30. The molecule has 0 radical (unpaired) electrons. The van der Waals surface area contributed by atoms with E-state index in [1.165, 1.54) is 18.2 Å². The number of nitrogens with one attached hydrogen (secondary N) is 1. The predicted molar refractivity (Wildman–Crippen MR) is 63.0 cm³/mol. The van der Waals surface area contributed by atoms with Crippen molar-refractivity contribution >= 4 is 17.3 Å². The van der Waals surface area contributed by atoms with Crippen LogP contribution >= 0.6 is 0 Å². The Kier molecular flexibility index (Phi) is 3.28. The first kappa shape index (κ1) is 11.9. The first-order chi connectivity index (χ1) is 8.08. The lowest BCUT2D eigenvalue weighted by molar-refractivity contribution is -0.126. The number of amides is 1. The van der Waals surface area contributed by atoms with Gasteiger partial charge in [-0.15, -0.1) is 0 Å². The van der Waals surface area contributed by atoms with E-state index in [2.05, 4.69) is 5.32 Å². The van der Waals surface area contributed by atoms with E-state index in [0.717, 1.165) is 6.42 Å². The summed E-state index contributed by atoms with van der Waals surface area (Å²) in [6.07, 6.45) is 0.449. The molecular weight excluding hydrogens is 223 g/mol. The second kappa shape index (κ2) is 4.71. The lowest BCUT2D eigenvalue weighted by atomic mass is 10.0. The van der Waals surface area contributed by atoms with Crippen molar-refractivity contribution in [1.82, 2.24) is 0 Å². The fourth-order valence-corrected chi connectivity index (χ4v) is 1.87. The Labute approximate surface area is 98.9 Å². The molecule has 0 spiro atoms. The largest absolute Gasteiger partial charge is 0.396 e. The van der Waals surface area contributed by atoms with Gasteiger partial charge in [0.2, 0.25) is 0 Å². The molecule has 2 unspecified atom stereocenters. The average molecular weight is 238 g/mol. The number of carbonyl (C=O) groups excluding carboxylic acids is 1. The summed E-state index contributed by atoms with van der Waals surface area (Å²) in [5.41, 5.74) is 5.92. The normalized spacial score (nSPS) is 23.6. The van der Waals surface area contributed by atoms with Crippen molar-refractivity contribution < 1.29 is 13.9 Å². The number of nitrogens with two attached hydrogens (primary N) is 1. The summed E-state index contributed by atoms with van der Waals surface area (Å²) >= 11 is 0. The molecular formula is C12H15FN2O2. The van der Waals surface area contributed by atoms with Gasteiger partial charge in [-0.25, -0.2) is 4.39 Å². The van der Waals surface area contributed by atoms with Gasteiger partial charge in [-0.1, -0.05) is 6.92 Å². The SMILES string of the molecule is CC1CCOC1C(=O)Nc1ccc(F)c(N)c1. The van der Waals surface area contributed by atoms with Crippen molar-refractivity contribution in [3.05, 3.63) is 24.0 Å². The van der Waals surface area contributed by atoms with E-state index >= 15 is 0 Å². The average Bonchev–Trinajstić information content (AvgIpc) is 2.70. The van der Waals surface area contributed by atoms with E-state index in [1.807, 2.05) is 6.92 Å². The highest BCUT2D eigenvalue weighted by molar-refractivity contribution is 5.94. The van der Waals surface area contributed by atoms with Crippen molar-refractivity contribution in [3.63, 3.8) is 0 Å². The number of halogens is 1. The third kappa shape index (κ3) is 2.55. The fraction of sp³-hybridized carbons (Fsp3) is 0.417. The molecule has 17 heavy (non-hydrogen) atoms. The van der Waals surface area contributed by atoms with Crippen LogP contribution in [0, 0.1) is 11.7 Å². The number of hydrogen-bond acceptors (Lipinski definition) is 3. The second-order valence-electron chi connectivity index (χ2n) is 4.28. The maximum Gasteiger partial charge on any atom is 0.253 e. The Hall–Kier alpha value is -1.62. The molecule has 4 nitrogen and oxygen atoms in total. The Morgan fingerprint density at radius 1 is 1.59 bits per heavy atom. The highest BCUT2D eigenvalue weighted by Crippen LogP contribution is 2.22. The predicted octanol–water partition coefficient (Wildman–Crippen LogP) is 1.77. The Morgan fingerprint density at radius 3 is 2.94 bits per heavy atom. The van der Waals surface area contributed by atoms with E-state index in [-0.39, 0.29) is 17.5 Å². The van der Waals surface area contributed by atoms with Crippen LogP contribution in [0.25, 0.3) is 0 Å². The lowest BCUT2D eigenvalue weighted by Gasteiger charge is -2.14. The van der Waals surface area contributed by atoms with Gasteiger partial charge in [-0.05, 0) is 30.5 Å². The van der Waals surface area contributed by atoms with Crippen LogP contribution in [0.4, 0.5) is 15.8 Å². The maximum absolute atomic E-state index is 12.9. The van der Waals surface area contributed by atoms with Crippen LogP contribution in [0.2, 0.25) is 0 Å². The summed E-state index contributed by atoms with van der Waals surface area (Å²) in [7, 11) is 0. The van der Waals surface area contributed by atoms with Gasteiger partial charge < -0.3 is 15.8 Å². The maximum atomic E-state index is 12.9. The second-order valence-corrected chi connectivity index (χ2v) is 4.28. The standard InChI is InChI=1S/C12H15FN2O2/c1-7-4-5-17-11(7)12(16)15-8-2-3-9(13)10(14)6-8/h2-3,6-7,11H,4-5,14H2,1H3,(H,15,16). The van der Waals surface area contributed by atoms with Crippen LogP contribution in [0.5, 0.6) is 0 Å². The zero-order valence-electron chi connectivity index (χ0n) is 9.57. The number of carbonyl (C=O) groups is 1. The monoisotopic (exact) mass is 238 g/mol. The van der Waals surface area contributed by atoms with Gasteiger partial charge in [-0.2, -0.15) is 0 Å². The molecule has 5 heteroatoms. The number of nitrogen functional groups attached to an aromatic ring is 1. The molecule has 1 amide bonds. The molecule has 1 aliphatic heterocycles. The van der Waals surface area contributed by atoms with Crippen molar-refractivity contribution in [1.29, 1.82) is 0 Å². The summed E-state index contributed by atoms with van der Waals surface area (Å²) in [4.78, 5) is 11.9. The summed E-state index contributed by atoms with van der Waals surface area (Å²) < 4.78 is 18.3. The van der Waals surface area contributed by atoms with Crippen molar-refractivity contribution in [3.8, 4) is 0 Å². The molecule has 0 saturated carbocycles. The fourth-order valence-electron chi connectivity index (χ4n) is 1.87. The van der Waals surface area contributed by atoms with Crippen molar-refractivity contribution in [2.24, 2.45) is 5.92 Å². The van der Waals surface area contributed by atoms with Gasteiger partial charge in [0.1, 0.15) is 11.9 Å². The molecule has 1 saturated heterocycles. The number of rotatable bonds is 2. The van der Waals surface area contributed by atoms with Gasteiger partial charge >= 0.3 is 0 Å². The minimum absolute atomic E-state index is 0.0168. The van der Waals surface area contributed by atoms with Gasteiger partial charge in [0.25, 0.3) is 5.91 Å². The zero-order valence-corrected chi connectivity index (χ0v) is 9.57. The minimum Gasteiger partial charge on any atom is -0.396 e. The first-order valence-electron chi connectivity index (χ1n) is 5.55. The lowest BCUT2D eigenvalue weighted by Crippen LogP contribution is -2.31. The van der Waals surface area contributed by atoms with E-state index in [1.54, 1.807) is 0 Å². The van der Waals surface area contributed by atoms with E-state index in [4.69, 9.17) is 10.5 Å². The van der Waals surface area contributed by atoms with Crippen LogP contribution in [-0.2, 0) is 9.53 Å². The van der Waals surface area contributed by atoms with E-state index in [0.29, 0.717) is 12.3 Å². The van der Waals surface area contributed by atoms with Gasteiger partial charge in [0.15, 0.2) is 0 Å². The van der Waals surface area contributed by atoms with Crippen molar-refractivity contribution in [2.75, 3.05) is 17.7 Å². The molecule has 92 valence electrons. The zero-order chi connectivity index (χ0) is 12.4. The summed E-state index contributed by atoms with van der Waals surface area (Å²) in [6.45, 7) is 2.57. The van der Waals surface area contributed by atoms with Crippen LogP contribution < -0.4 is 11.1 Å². The topological polar surface area (TPSA) is 64.3 Å². The van der Waals surface area contributed by atoms with Gasteiger partial charge in [0.05, 0.1) is 5.69 Å². The molecule has 1 aromatic carbocycles. The highest BCUT2D eigenvalue weighted by atomic mass is 19.1. The van der Waals surface area contributed by atoms with Crippen LogP contribution in [0.15, 0.2) is 18.2 Å². The molecule has 3 N–H and O–H groups in total. The smallest absolute Gasteiger partial charge is 0.253 e. The molecule has 2 atom stereocenters. The molecule has 1 fully saturated rings. The molecule has 0 aromatic heterocycles. The third-order valence-corrected chi connectivity index (χ3v) is 2.91. The number of benzene rings is 1.